The van der Waals surface area contributed by atoms with Crippen molar-refractivity contribution in [2.75, 3.05) is 0 Å². The fourth-order valence-corrected chi connectivity index (χ4v) is 2.88. The number of hydrogen-bond acceptors (Lipinski definition) is 2. The van der Waals surface area contributed by atoms with E-state index in [1.165, 1.54) is 17.2 Å². The molecular weight excluding hydrogens is 248 g/mol. The molecule has 0 heterocycles. The van der Waals surface area contributed by atoms with Crippen LogP contribution >= 0.6 is 0 Å². The highest BCUT2D eigenvalue weighted by atomic mass is 16.5. The Kier molecular flexibility index (Phi) is 5.40. The highest BCUT2D eigenvalue weighted by Gasteiger charge is 2.24. The normalized spacial score (nSPS) is 22.9. The van der Waals surface area contributed by atoms with Crippen molar-refractivity contribution >= 4 is 5.97 Å². The van der Waals surface area contributed by atoms with Gasteiger partial charge < -0.3 is 4.74 Å². The van der Waals surface area contributed by atoms with Crippen LogP contribution in [0.3, 0.4) is 0 Å². The third kappa shape index (κ3) is 3.96. The van der Waals surface area contributed by atoms with Crippen molar-refractivity contribution in [1.82, 2.24) is 0 Å². The van der Waals surface area contributed by atoms with Crippen LogP contribution in [-0.2, 0) is 16.0 Å². The zero-order valence-electron chi connectivity index (χ0n) is 12.5. The minimum Gasteiger partial charge on any atom is -0.459 e. The topological polar surface area (TPSA) is 26.3 Å². The van der Waals surface area contributed by atoms with E-state index in [0.29, 0.717) is 5.92 Å². The second-order valence-electron chi connectivity index (χ2n) is 5.51. The summed E-state index contributed by atoms with van der Waals surface area (Å²) in [6, 6.07) is 8.98. The van der Waals surface area contributed by atoms with Gasteiger partial charge in [-0.3, -0.25) is 0 Å². The molecule has 1 aliphatic carbocycles. The van der Waals surface area contributed by atoms with E-state index in [1.807, 2.05) is 6.92 Å². The van der Waals surface area contributed by atoms with Crippen LogP contribution in [0.25, 0.3) is 0 Å². The standard InChI is InChI=1S/C18H24O2/c1-3-5-18(19)20-17-12-10-16(11-13-17)15-8-6-14(4-2)7-9-15/h3,5-9,16-17H,4,10-13H2,1-2H3. The molecule has 0 bridgehead atoms. The van der Waals surface area contributed by atoms with Crippen molar-refractivity contribution in [2.24, 2.45) is 0 Å². The Balaban J connectivity index is 1.85. The maximum Gasteiger partial charge on any atom is 0.330 e. The third-order valence-corrected chi connectivity index (χ3v) is 4.12. The van der Waals surface area contributed by atoms with Crippen LogP contribution in [0.1, 0.15) is 56.6 Å². The summed E-state index contributed by atoms with van der Waals surface area (Å²) in [6.45, 7) is 4.01. The van der Waals surface area contributed by atoms with Crippen molar-refractivity contribution in [3.05, 3.63) is 47.5 Å². The molecule has 0 unspecified atom stereocenters. The van der Waals surface area contributed by atoms with Crippen molar-refractivity contribution < 1.29 is 9.53 Å². The molecule has 0 aliphatic heterocycles. The van der Waals surface area contributed by atoms with Crippen LogP contribution in [0.2, 0.25) is 0 Å². The number of carbonyl (C=O) groups is 1. The Hall–Kier alpha value is -1.57. The van der Waals surface area contributed by atoms with Gasteiger partial charge in [-0.1, -0.05) is 37.3 Å². The van der Waals surface area contributed by atoms with E-state index in [2.05, 4.69) is 31.2 Å². The Bertz CT molecular complexity index is 451. The lowest BCUT2D eigenvalue weighted by molar-refractivity contribution is -0.144. The van der Waals surface area contributed by atoms with E-state index in [0.717, 1.165) is 32.1 Å². The van der Waals surface area contributed by atoms with Crippen molar-refractivity contribution in [3.63, 3.8) is 0 Å². The maximum absolute atomic E-state index is 11.4. The molecule has 0 saturated heterocycles. The van der Waals surface area contributed by atoms with Gasteiger partial charge in [-0.05, 0) is 56.1 Å². The predicted octanol–water partition coefficient (Wildman–Crippen LogP) is 4.39. The predicted molar refractivity (Wildman–Crippen MR) is 81.7 cm³/mol. The number of benzene rings is 1. The largest absolute Gasteiger partial charge is 0.459 e. The molecule has 0 radical (unpaired) electrons. The summed E-state index contributed by atoms with van der Waals surface area (Å²) in [5.41, 5.74) is 2.82. The monoisotopic (exact) mass is 272 g/mol. The molecule has 0 aromatic heterocycles. The number of esters is 1. The fraction of sp³-hybridized carbons (Fsp3) is 0.500. The molecule has 1 saturated carbocycles. The number of carbonyl (C=O) groups excluding carboxylic acids is 1. The van der Waals surface area contributed by atoms with E-state index in [9.17, 15) is 4.79 Å². The number of allylic oxidation sites excluding steroid dienone is 1. The second kappa shape index (κ2) is 7.28. The van der Waals surface area contributed by atoms with Crippen LogP contribution in [0.15, 0.2) is 36.4 Å². The summed E-state index contributed by atoms with van der Waals surface area (Å²) in [5, 5.41) is 0. The zero-order chi connectivity index (χ0) is 14.4. The van der Waals surface area contributed by atoms with E-state index in [4.69, 9.17) is 4.74 Å². The first-order valence-corrected chi connectivity index (χ1v) is 7.65. The van der Waals surface area contributed by atoms with Gasteiger partial charge >= 0.3 is 5.97 Å². The van der Waals surface area contributed by atoms with Crippen LogP contribution in [0.4, 0.5) is 0 Å². The van der Waals surface area contributed by atoms with Crippen molar-refractivity contribution in [3.8, 4) is 0 Å². The minimum absolute atomic E-state index is 0.102. The summed E-state index contributed by atoms with van der Waals surface area (Å²) >= 11 is 0. The second-order valence-corrected chi connectivity index (χ2v) is 5.51. The average molecular weight is 272 g/mol. The van der Waals surface area contributed by atoms with Crippen LogP contribution in [-0.4, -0.2) is 12.1 Å². The van der Waals surface area contributed by atoms with Gasteiger partial charge in [0, 0.05) is 6.08 Å². The lowest BCUT2D eigenvalue weighted by Gasteiger charge is -2.28. The average Bonchev–Trinajstić information content (AvgIpc) is 2.48. The summed E-state index contributed by atoms with van der Waals surface area (Å²) in [4.78, 5) is 11.4. The Labute approximate surface area is 121 Å². The molecule has 2 nitrogen and oxygen atoms in total. The first-order chi connectivity index (χ1) is 9.72. The molecule has 0 atom stereocenters. The highest BCUT2D eigenvalue weighted by molar-refractivity contribution is 5.81. The Morgan fingerprint density at radius 1 is 1.20 bits per heavy atom. The van der Waals surface area contributed by atoms with Crippen molar-refractivity contribution in [2.45, 2.75) is 58.0 Å². The molecule has 0 N–H and O–H groups in total. The van der Waals surface area contributed by atoms with Crippen LogP contribution < -0.4 is 0 Å². The smallest absolute Gasteiger partial charge is 0.330 e. The summed E-state index contributed by atoms with van der Waals surface area (Å²) in [5.74, 6) is 0.417. The highest BCUT2D eigenvalue weighted by Crippen LogP contribution is 2.34. The van der Waals surface area contributed by atoms with Gasteiger partial charge in [0.2, 0.25) is 0 Å². The Morgan fingerprint density at radius 3 is 2.40 bits per heavy atom. The number of rotatable bonds is 4. The van der Waals surface area contributed by atoms with Gasteiger partial charge in [-0.2, -0.15) is 0 Å². The van der Waals surface area contributed by atoms with Gasteiger partial charge in [-0.15, -0.1) is 0 Å². The molecule has 20 heavy (non-hydrogen) atoms. The zero-order valence-corrected chi connectivity index (χ0v) is 12.5. The molecule has 1 aliphatic rings. The molecule has 0 spiro atoms. The molecule has 1 aromatic rings. The van der Waals surface area contributed by atoms with Gasteiger partial charge in [0.05, 0.1) is 0 Å². The maximum atomic E-state index is 11.4. The minimum atomic E-state index is -0.205. The van der Waals surface area contributed by atoms with Gasteiger partial charge in [0.1, 0.15) is 6.10 Å². The van der Waals surface area contributed by atoms with Crippen LogP contribution in [0.5, 0.6) is 0 Å². The van der Waals surface area contributed by atoms with E-state index < -0.39 is 0 Å². The quantitative estimate of drug-likeness (QED) is 0.600. The molecule has 108 valence electrons. The first-order valence-electron chi connectivity index (χ1n) is 7.65. The molecular formula is C18H24O2. The molecule has 2 rings (SSSR count). The number of hydrogen-bond donors (Lipinski definition) is 0. The lowest BCUT2D eigenvalue weighted by atomic mass is 9.82. The first kappa shape index (κ1) is 14.8. The van der Waals surface area contributed by atoms with E-state index in [1.54, 1.807) is 6.08 Å². The van der Waals surface area contributed by atoms with Crippen molar-refractivity contribution in [1.29, 1.82) is 0 Å². The fourth-order valence-electron chi connectivity index (χ4n) is 2.88. The Morgan fingerprint density at radius 2 is 1.85 bits per heavy atom. The van der Waals surface area contributed by atoms with Crippen LogP contribution in [0, 0.1) is 0 Å². The van der Waals surface area contributed by atoms with E-state index >= 15 is 0 Å². The van der Waals surface area contributed by atoms with Gasteiger partial charge in [0.25, 0.3) is 0 Å². The lowest BCUT2D eigenvalue weighted by Crippen LogP contribution is -2.23. The van der Waals surface area contributed by atoms with E-state index in [-0.39, 0.29) is 12.1 Å². The number of ether oxygens (including phenoxy) is 1. The van der Waals surface area contributed by atoms with Gasteiger partial charge in [-0.25, -0.2) is 4.79 Å². The summed E-state index contributed by atoms with van der Waals surface area (Å²) in [6.07, 6.45) is 8.59. The molecule has 1 fully saturated rings. The van der Waals surface area contributed by atoms with Gasteiger partial charge in [0.15, 0.2) is 0 Å². The third-order valence-electron chi connectivity index (χ3n) is 4.12. The number of aryl methyl sites for hydroxylation is 1. The summed E-state index contributed by atoms with van der Waals surface area (Å²) in [7, 11) is 0. The molecule has 2 heteroatoms. The SMILES string of the molecule is CC=CC(=O)OC1CCC(c2ccc(CC)cc2)CC1. The molecule has 0 amide bonds. The summed E-state index contributed by atoms with van der Waals surface area (Å²) < 4.78 is 5.43. The molecule has 1 aromatic carbocycles.